The SMILES string of the molecule is Cc1ccc(N(C)C(=O)[C@H]2NCCO[C@@H]2C)cc1.Cl. The van der Waals surface area contributed by atoms with Gasteiger partial charge in [0.15, 0.2) is 0 Å². The Morgan fingerprint density at radius 1 is 1.37 bits per heavy atom. The molecule has 1 aliphatic heterocycles. The Bertz CT molecular complexity index is 422. The summed E-state index contributed by atoms with van der Waals surface area (Å²) < 4.78 is 5.51. The molecule has 2 rings (SSSR count). The molecule has 0 aliphatic carbocycles. The van der Waals surface area contributed by atoms with E-state index < -0.39 is 0 Å². The molecule has 106 valence electrons. The zero-order valence-electron chi connectivity index (χ0n) is 11.6. The maximum Gasteiger partial charge on any atom is 0.246 e. The summed E-state index contributed by atoms with van der Waals surface area (Å²) in [6, 6.07) is 7.68. The van der Waals surface area contributed by atoms with Crippen molar-refractivity contribution in [1.82, 2.24) is 5.32 Å². The third-order valence-corrected chi connectivity index (χ3v) is 3.33. The number of halogens is 1. The quantitative estimate of drug-likeness (QED) is 0.900. The van der Waals surface area contributed by atoms with Crippen molar-refractivity contribution in [3.8, 4) is 0 Å². The molecule has 0 spiro atoms. The van der Waals surface area contributed by atoms with E-state index in [1.165, 1.54) is 5.56 Å². The number of benzene rings is 1. The van der Waals surface area contributed by atoms with Crippen LogP contribution >= 0.6 is 12.4 Å². The number of hydrogen-bond acceptors (Lipinski definition) is 3. The highest BCUT2D eigenvalue weighted by molar-refractivity contribution is 5.97. The van der Waals surface area contributed by atoms with Crippen LogP contribution in [-0.2, 0) is 9.53 Å². The Balaban J connectivity index is 0.00000180. The van der Waals surface area contributed by atoms with Crippen LogP contribution in [0.1, 0.15) is 12.5 Å². The smallest absolute Gasteiger partial charge is 0.246 e. The molecule has 1 fully saturated rings. The first kappa shape index (κ1) is 16.0. The van der Waals surface area contributed by atoms with E-state index in [4.69, 9.17) is 4.74 Å². The first-order valence-corrected chi connectivity index (χ1v) is 6.29. The van der Waals surface area contributed by atoms with E-state index in [0.29, 0.717) is 6.61 Å². The predicted molar refractivity (Wildman–Crippen MR) is 79.0 cm³/mol. The summed E-state index contributed by atoms with van der Waals surface area (Å²) in [6.07, 6.45) is -0.0841. The molecule has 0 bridgehead atoms. The van der Waals surface area contributed by atoms with Crippen molar-refractivity contribution in [2.24, 2.45) is 0 Å². The number of aryl methyl sites for hydroxylation is 1. The second kappa shape index (κ2) is 6.89. The molecule has 1 saturated heterocycles. The van der Waals surface area contributed by atoms with Crippen LogP contribution < -0.4 is 10.2 Å². The van der Waals surface area contributed by atoms with Gasteiger partial charge in [-0.25, -0.2) is 0 Å². The number of rotatable bonds is 2. The lowest BCUT2D eigenvalue weighted by Crippen LogP contribution is -2.55. The fourth-order valence-electron chi connectivity index (χ4n) is 2.11. The highest BCUT2D eigenvalue weighted by Gasteiger charge is 2.30. The average molecular weight is 285 g/mol. The highest BCUT2D eigenvalue weighted by atomic mass is 35.5. The van der Waals surface area contributed by atoms with Crippen LogP contribution in [0.3, 0.4) is 0 Å². The third kappa shape index (κ3) is 3.69. The minimum Gasteiger partial charge on any atom is -0.375 e. The number of hydrogen-bond donors (Lipinski definition) is 1. The van der Waals surface area contributed by atoms with Crippen molar-refractivity contribution in [2.45, 2.75) is 26.0 Å². The van der Waals surface area contributed by atoms with Crippen LogP contribution in [0.25, 0.3) is 0 Å². The Morgan fingerprint density at radius 2 is 2.00 bits per heavy atom. The number of ether oxygens (including phenoxy) is 1. The molecule has 2 atom stereocenters. The lowest BCUT2D eigenvalue weighted by molar-refractivity contribution is -0.126. The first-order chi connectivity index (χ1) is 8.59. The molecule has 1 aliphatic rings. The molecular formula is C14H21ClN2O2. The maximum atomic E-state index is 12.4. The lowest BCUT2D eigenvalue weighted by Gasteiger charge is -2.32. The van der Waals surface area contributed by atoms with Gasteiger partial charge in [-0.1, -0.05) is 17.7 Å². The van der Waals surface area contributed by atoms with Crippen LogP contribution in [0.15, 0.2) is 24.3 Å². The van der Waals surface area contributed by atoms with Gasteiger partial charge in [-0.05, 0) is 26.0 Å². The molecule has 4 nitrogen and oxygen atoms in total. The van der Waals surface area contributed by atoms with Gasteiger partial charge in [-0.3, -0.25) is 4.79 Å². The maximum absolute atomic E-state index is 12.4. The summed E-state index contributed by atoms with van der Waals surface area (Å²) in [5.41, 5.74) is 2.09. The molecule has 0 saturated carbocycles. The molecule has 1 aromatic rings. The van der Waals surface area contributed by atoms with Gasteiger partial charge in [0.05, 0.1) is 12.7 Å². The number of carbonyl (C=O) groups is 1. The number of morpholine rings is 1. The molecule has 5 heteroatoms. The standard InChI is InChI=1S/C14H20N2O2.ClH/c1-10-4-6-12(7-5-10)16(3)14(17)13-11(2)18-9-8-15-13;/h4-7,11,13,15H,8-9H2,1-3H3;1H/t11-,13+;/m1./s1. The number of nitrogens with one attached hydrogen (secondary N) is 1. The van der Waals surface area contributed by atoms with Crippen molar-refractivity contribution in [1.29, 1.82) is 0 Å². The van der Waals surface area contributed by atoms with Crippen LogP contribution in [0.4, 0.5) is 5.69 Å². The van der Waals surface area contributed by atoms with E-state index in [2.05, 4.69) is 5.32 Å². The highest BCUT2D eigenvalue weighted by Crippen LogP contribution is 2.16. The molecule has 1 amide bonds. The van der Waals surface area contributed by atoms with Crippen molar-refractivity contribution < 1.29 is 9.53 Å². The fraction of sp³-hybridized carbons (Fsp3) is 0.500. The Morgan fingerprint density at radius 3 is 2.58 bits per heavy atom. The zero-order chi connectivity index (χ0) is 13.1. The van der Waals surface area contributed by atoms with Crippen LogP contribution in [0, 0.1) is 6.92 Å². The molecular weight excluding hydrogens is 264 g/mol. The first-order valence-electron chi connectivity index (χ1n) is 6.29. The largest absolute Gasteiger partial charge is 0.375 e. The summed E-state index contributed by atoms with van der Waals surface area (Å²) in [7, 11) is 1.80. The molecule has 1 N–H and O–H groups in total. The van der Waals surface area contributed by atoms with E-state index in [9.17, 15) is 4.79 Å². The number of anilines is 1. The Kier molecular flexibility index (Phi) is 5.79. The van der Waals surface area contributed by atoms with E-state index in [1.807, 2.05) is 38.1 Å². The van der Waals surface area contributed by atoms with E-state index >= 15 is 0 Å². The van der Waals surface area contributed by atoms with Crippen molar-refractivity contribution in [2.75, 3.05) is 25.1 Å². The average Bonchev–Trinajstić information content (AvgIpc) is 2.38. The minimum absolute atomic E-state index is 0. The molecule has 0 radical (unpaired) electrons. The molecule has 1 heterocycles. The van der Waals surface area contributed by atoms with Gasteiger partial charge in [0, 0.05) is 19.3 Å². The molecule has 0 unspecified atom stereocenters. The van der Waals surface area contributed by atoms with Crippen molar-refractivity contribution >= 4 is 24.0 Å². The predicted octanol–water partition coefficient (Wildman–Crippen LogP) is 1.76. The van der Waals surface area contributed by atoms with Gasteiger partial charge < -0.3 is 15.0 Å². The van der Waals surface area contributed by atoms with E-state index in [-0.39, 0.29) is 30.5 Å². The van der Waals surface area contributed by atoms with Gasteiger partial charge in [-0.15, -0.1) is 12.4 Å². The van der Waals surface area contributed by atoms with E-state index in [1.54, 1.807) is 11.9 Å². The number of nitrogens with zero attached hydrogens (tertiary/aromatic N) is 1. The normalized spacial score (nSPS) is 22.5. The zero-order valence-corrected chi connectivity index (χ0v) is 12.4. The second-order valence-corrected chi connectivity index (χ2v) is 4.74. The van der Waals surface area contributed by atoms with Crippen LogP contribution in [0.2, 0.25) is 0 Å². The van der Waals surface area contributed by atoms with Gasteiger partial charge in [0.25, 0.3) is 0 Å². The summed E-state index contributed by atoms with van der Waals surface area (Å²) in [5, 5.41) is 3.21. The van der Waals surface area contributed by atoms with Crippen LogP contribution in [-0.4, -0.2) is 38.3 Å². The van der Waals surface area contributed by atoms with Crippen molar-refractivity contribution in [3.05, 3.63) is 29.8 Å². The van der Waals surface area contributed by atoms with Gasteiger partial charge >= 0.3 is 0 Å². The number of likely N-dealkylation sites (N-methyl/N-ethyl adjacent to an activating group) is 1. The van der Waals surface area contributed by atoms with Crippen LogP contribution in [0.5, 0.6) is 0 Å². The number of amides is 1. The van der Waals surface area contributed by atoms with Gasteiger partial charge in [0.1, 0.15) is 6.04 Å². The molecule has 1 aromatic carbocycles. The fourth-order valence-corrected chi connectivity index (χ4v) is 2.11. The summed E-state index contributed by atoms with van der Waals surface area (Å²) in [6.45, 7) is 5.35. The third-order valence-electron chi connectivity index (χ3n) is 3.33. The topological polar surface area (TPSA) is 41.6 Å². The Labute approximate surface area is 120 Å². The second-order valence-electron chi connectivity index (χ2n) is 4.74. The monoisotopic (exact) mass is 284 g/mol. The minimum atomic E-state index is -0.259. The van der Waals surface area contributed by atoms with Crippen molar-refractivity contribution in [3.63, 3.8) is 0 Å². The lowest BCUT2D eigenvalue weighted by atomic mass is 10.1. The summed E-state index contributed by atoms with van der Waals surface area (Å²) in [4.78, 5) is 14.1. The van der Waals surface area contributed by atoms with Gasteiger partial charge in [-0.2, -0.15) is 0 Å². The Hall–Kier alpha value is -1.10. The summed E-state index contributed by atoms with van der Waals surface area (Å²) >= 11 is 0. The van der Waals surface area contributed by atoms with E-state index in [0.717, 1.165) is 12.2 Å². The molecule has 19 heavy (non-hydrogen) atoms. The summed E-state index contributed by atoms with van der Waals surface area (Å²) in [5.74, 6) is 0.0473. The van der Waals surface area contributed by atoms with Gasteiger partial charge in [0.2, 0.25) is 5.91 Å². The molecule has 0 aromatic heterocycles. The number of carbonyl (C=O) groups excluding carboxylic acids is 1.